The number of rotatable bonds is 4. The number of hydrogen-bond donors (Lipinski definition) is 3. The van der Waals surface area contributed by atoms with Gasteiger partial charge in [0.1, 0.15) is 0 Å². The molecule has 1 fully saturated rings. The number of nitrogens with one attached hydrogen (secondary N) is 2. The molecule has 0 aliphatic carbocycles. The molecule has 0 bridgehead atoms. The lowest BCUT2D eigenvalue weighted by atomic mass is 9.77. The fourth-order valence-electron chi connectivity index (χ4n) is 2.85. The number of piperidine rings is 1. The Hall–Kier alpha value is -1.39. The molecule has 2 unspecified atom stereocenters. The molecule has 0 radical (unpaired) electrons. The summed E-state index contributed by atoms with van der Waals surface area (Å²) in [7, 11) is 0. The van der Waals surface area contributed by atoms with Gasteiger partial charge in [-0.05, 0) is 38.8 Å². The van der Waals surface area contributed by atoms with Crippen molar-refractivity contribution in [2.24, 2.45) is 5.41 Å². The molecule has 1 aliphatic heterocycles. The molecule has 3 N–H and O–H groups in total. The number of aliphatic hydroxyl groups excluding tert-OH is 1. The normalized spacial score (nSPS) is 24.1. The third-order valence-corrected chi connectivity index (χ3v) is 4.29. The summed E-state index contributed by atoms with van der Waals surface area (Å²) in [6.45, 7) is 5.49. The second-order valence-corrected chi connectivity index (χ2v) is 5.63. The molecule has 1 amide bonds. The lowest BCUT2D eigenvalue weighted by molar-refractivity contribution is -0.126. The van der Waals surface area contributed by atoms with Crippen molar-refractivity contribution in [3.05, 3.63) is 29.8 Å². The molecular formula is C16H24N2O2. The van der Waals surface area contributed by atoms with E-state index in [0.29, 0.717) is 5.69 Å². The molecule has 0 saturated carbocycles. The maximum atomic E-state index is 12.7. The first-order valence-electron chi connectivity index (χ1n) is 7.38. The zero-order valence-electron chi connectivity index (χ0n) is 12.3. The summed E-state index contributed by atoms with van der Waals surface area (Å²) in [6.07, 6.45) is 2.18. The van der Waals surface area contributed by atoms with Gasteiger partial charge in [-0.25, -0.2) is 0 Å². The number of aliphatic hydroxyl groups is 1. The van der Waals surface area contributed by atoms with E-state index in [2.05, 4.69) is 17.6 Å². The van der Waals surface area contributed by atoms with E-state index in [1.54, 1.807) is 6.92 Å². The van der Waals surface area contributed by atoms with Crippen molar-refractivity contribution in [2.75, 3.05) is 18.4 Å². The Labute approximate surface area is 120 Å². The highest BCUT2D eigenvalue weighted by Crippen LogP contribution is 2.32. The molecule has 1 saturated heterocycles. The van der Waals surface area contributed by atoms with E-state index in [4.69, 9.17) is 0 Å². The van der Waals surface area contributed by atoms with Gasteiger partial charge in [0, 0.05) is 17.8 Å². The maximum absolute atomic E-state index is 12.7. The van der Waals surface area contributed by atoms with Crippen molar-refractivity contribution < 1.29 is 9.90 Å². The van der Waals surface area contributed by atoms with Crippen molar-refractivity contribution >= 4 is 11.6 Å². The molecule has 2 atom stereocenters. The molecule has 1 heterocycles. The lowest BCUT2D eigenvalue weighted by Gasteiger charge is -2.35. The van der Waals surface area contributed by atoms with Crippen molar-refractivity contribution in [3.63, 3.8) is 0 Å². The second kappa shape index (κ2) is 6.37. The Bertz CT molecular complexity index is 465. The van der Waals surface area contributed by atoms with E-state index in [1.807, 2.05) is 24.3 Å². The van der Waals surface area contributed by atoms with Crippen molar-refractivity contribution in [3.8, 4) is 0 Å². The van der Waals surface area contributed by atoms with Crippen molar-refractivity contribution in [2.45, 2.75) is 39.2 Å². The minimum atomic E-state index is -0.589. The van der Waals surface area contributed by atoms with E-state index in [0.717, 1.165) is 37.9 Å². The first-order valence-corrected chi connectivity index (χ1v) is 7.38. The van der Waals surface area contributed by atoms with Crippen LogP contribution >= 0.6 is 0 Å². The topological polar surface area (TPSA) is 61.4 Å². The van der Waals surface area contributed by atoms with Crippen molar-refractivity contribution in [1.29, 1.82) is 0 Å². The van der Waals surface area contributed by atoms with Gasteiger partial charge in [0.25, 0.3) is 0 Å². The third-order valence-electron chi connectivity index (χ3n) is 4.29. The lowest BCUT2D eigenvalue weighted by Crippen LogP contribution is -2.47. The van der Waals surface area contributed by atoms with Crippen LogP contribution in [0.3, 0.4) is 0 Å². The first kappa shape index (κ1) is 15.0. The predicted molar refractivity (Wildman–Crippen MR) is 80.5 cm³/mol. The molecular weight excluding hydrogens is 252 g/mol. The summed E-state index contributed by atoms with van der Waals surface area (Å²) in [5.41, 5.74) is 1.14. The van der Waals surface area contributed by atoms with Crippen LogP contribution in [0.5, 0.6) is 0 Å². The molecule has 0 spiro atoms. The van der Waals surface area contributed by atoms with Crippen LogP contribution in [0.1, 0.15) is 44.8 Å². The number of anilines is 1. The number of para-hydroxylation sites is 1. The highest BCUT2D eigenvalue weighted by atomic mass is 16.3. The van der Waals surface area contributed by atoms with Gasteiger partial charge in [-0.15, -0.1) is 0 Å². The van der Waals surface area contributed by atoms with Crippen LogP contribution in [-0.2, 0) is 4.79 Å². The summed E-state index contributed by atoms with van der Waals surface area (Å²) in [6, 6.07) is 7.44. The predicted octanol–water partition coefficient (Wildman–Crippen LogP) is 2.46. The molecule has 4 heteroatoms. The van der Waals surface area contributed by atoms with Crippen LogP contribution < -0.4 is 10.6 Å². The number of carbonyl (C=O) groups is 1. The summed E-state index contributed by atoms with van der Waals surface area (Å²) < 4.78 is 0. The quantitative estimate of drug-likeness (QED) is 0.791. The summed E-state index contributed by atoms with van der Waals surface area (Å²) in [4.78, 5) is 12.7. The van der Waals surface area contributed by atoms with E-state index in [-0.39, 0.29) is 11.3 Å². The minimum absolute atomic E-state index is 0.0558. The Morgan fingerprint density at radius 1 is 1.50 bits per heavy atom. The van der Waals surface area contributed by atoms with Gasteiger partial charge in [-0.3, -0.25) is 4.79 Å². The summed E-state index contributed by atoms with van der Waals surface area (Å²) in [5.74, 6) is 0.0558. The van der Waals surface area contributed by atoms with E-state index in [1.165, 1.54) is 0 Å². The van der Waals surface area contributed by atoms with E-state index < -0.39 is 6.10 Å². The summed E-state index contributed by atoms with van der Waals surface area (Å²) in [5, 5.41) is 16.1. The van der Waals surface area contributed by atoms with E-state index in [9.17, 15) is 9.90 Å². The van der Waals surface area contributed by atoms with Gasteiger partial charge < -0.3 is 15.7 Å². The van der Waals surface area contributed by atoms with Crippen LogP contribution in [0.2, 0.25) is 0 Å². The van der Waals surface area contributed by atoms with Gasteiger partial charge in [-0.1, -0.05) is 25.1 Å². The molecule has 1 aromatic rings. The van der Waals surface area contributed by atoms with Crippen LogP contribution in [-0.4, -0.2) is 24.1 Å². The van der Waals surface area contributed by atoms with E-state index >= 15 is 0 Å². The standard InChI is InChI=1S/C16H24N2O2/c1-3-16(9-6-10-17-11-16)15(20)18-14-8-5-4-7-13(14)12(2)19/h4-5,7-8,12,17,19H,3,6,9-11H2,1-2H3,(H,18,20). The Kier molecular flexibility index (Phi) is 4.78. The second-order valence-electron chi connectivity index (χ2n) is 5.63. The smallest absolute Gasteiger partial charge is 0.231 e. The van der Waals surface area contributed by atoms with Gasteiger partial charge in [0.15, 0.2) is 0 Å². The van der Waals surface area contributed by atoms with Gasteiger partial charge in [0.05, 0.1) is 11.5 Å². The number of benzene rings is 1. The highest BCUT2D eigenvalue weighted by Gasteiger charge is 2.38. The fourth-order valence-corrected chi connectivity index (χ4v) is 2.85. The zero-order chi connectivity index (χ0) is 14.6. The molecule has 110 valence electrons. The highest BCUT2D eigenvalue weighted by molar-refractivity contribution is 5.96. The monoisotopic (exact) mass is 276 g/mol. The maximum Gasteiger partial charge on any atom is 0.231 e. The third kappa shape index (κ3) is 3.02. The van der Waals surface area contributed by atoms with Gasteiger partial charge in [0.2, 0.25) is 5.91 Å². The molecule has 2 rings (SSSR count). The van der Waals surface area contributed by atoms with Crippen molar-refractivity contribution in [1.82, 2.24) is 5.32 Å². The molecule has 20 heavy (non-hydrogen) atoms. The van der Waals surface area contributed by atoms with Gasteiger partial charge >= 0.3 is 0 Å². The Morgan fingerprint density at radius 2 is 2.25 bits per heavy atom. The zero-order valence-corrected chi connectivity index (χ0v) is 12.3. The van der Waals surface area contributed by atoms with Crippen LogP contribution in [0.15, 0.2) is 24.3 Å². The molecule has 1 aliphatic rings. The number of hydrogen-bond acceptors (Lipinski definition) is 3. The van der Waals surface area contributed by atoms with Crippen LogP contribution in [0.25, 0.3) is 0 Å². The molecule has 4 nitrogen and oxygen atoms in total. The molecule has 1 aromatic carbocycles. The van der Waals surface area contributed by atoms with Crippen LogP contribution in [0.4, 0.5) is 5.69 Å². The summed E-state index contributed by atoms with van der Waals surface area (Å²) >= 11 is 0. The average Bonchev–Trinajstić information content (AvgIpc) is 2.48. The molecule has 0 aromatic heterocycles. The minimum Gasteiger partial charge on any atom is -0.389 e. The Morgan fingerprint density at radius 3 is 2.85 bits per heavy atom. The first-order chi connectivity index (χ1) is 9.59. The fraction of sp³-hybridized carbons (Fsp3) is 0.562. The Balaban J connectivity index is 2.18. The SMILES string of the molecule is CCC1(C(=O)Nc2ccccc2C(C)O)CCCNC1. The average molecular weight is 276 g/mol. The van der Waals surface area contributed by atoms with Crippen LogP contribution in [0, 0.1) is 5.41 Å². The number of carbonyl (C=O) groups excluding carboxylic acids is 1. The number of amides is 1. The largest absolute Gasteiger partial charge is 0.389 e. The van der Waals surface area contributed by atoms with Gasteiger partial charge in [-0.2, -0.15) is 0 Å².